The molecule has 0 aromatic heterocycles. The van der Waals surface area contributed by atoms with E-state index in [2.05, 4.69) is 81.3 Å². The van der Waals surface area contributed by atoms with Gasteiger partial charge in [0.05, 0.1) is 13.2 Å². The van der Waals surface area contributed by atoms with Crippen LogP contribution in [0.25, 0.3) is 0 Å². The molecule has 0 radical (unpaired) electrons. The maximum absolute atomic E-state index is 13.3. The Morgan fingerprint density at radius 1 is 0.587 bits per heavy atom. The Morgan fingerprint density at radius 3 is 1.30 bits per heavy atom. The number of halogens is 2. The third-order valence-corrected chi connectivity index (χ3v) is 11.8. The molecule has 92 heavy (non-hydrogen) atoms. The quantitative estimate of drug-likeness (QED) is 0.0618. The minimum Gasteiger partial charge on any atom is -0.462 e. The van der Waals surface area contributed by atoms with Crippen molar-refractivity contribution in [3.63, 3.8) is 0 Å². The minimum atomic E-state index is -0.588. The highest BCUT2D eigenvalue weighted by Crippen LogP contribution is 2.34. The van der Waals surface area contributed by atoms with Gasteiger partial charge in [-0.3, -0.25) is 28.8 Å². The van der Waals surface area contributed by atoms with Crippen LogP contribution in [-0.2, 0) is 47.8 Å². The number of terminal acetylenes is 3. The van der Waals surface area contributed by atoms with Crippen LogP contribution in [0.2, 0.25) is 0 Å². The van der Waals surface area contributed by atoms with Crippen molar-refractivity contribution >= 4 is 47.3 Å². The summed E-state index contributed by atoms with van der Waals surface area (Å²) in [5.41, 5.74) is 0.0369. The molecule has 0 aromatic rings. The summed E-state index contributed by atoms with van der Waals surface area (Å²) in [6.07, 6.45) is 26.2. The van der Waals surface area contributed by atoms with Gasteiger partial charge in [-0.1, -0.05) is 123 Å². The number of likely N-dealkylation sites (N-methyl/N-ethyl adjacent to an activating group) is 2. The third-order valence-electron chi connectivity index (χ3n) is 11.8. The number of likely N-dealkylation sites (tertiary alicyclic amines) is 1. The minimum absolute atomic E-state index is 0.00743. The van der Waals surface area contributed by atoms with E-state index in [4.69, 9.17) is 24.0 Å². The molecule has 1 saturated heterocycles. The number of ether oxygens (including phenoxy) is 2. The fraction of sp³-hybridized carbons (Fsp3) is 0.676. The lowest BCUT2D eigenvalue weighted by molar-refractivity contribution is -0.140. The van der Waals surface area contributed by atoms with Crippen LogP contribution in [0.15, 0.2) is 60.3 Å². The first-order chi connectivity index (χ1) is 41.3. The summed E-state index contributed by atoms with van der Waals surface area (Å²) in [6.45, 7) is 58.4. The molecule has 1 atom stereocenters. The molecule has 0 saturated carbocycles. The Kier molecular flexibility index (Phi) is 44.8. The average molecular weight is 1300 g/mol. The second-order valence-electron chi connectivity index (χ2n) is 31.7. The zero-order chi connectivity index (χ0) is 73.6. The van der Waals surface area contributed by atoms with E-state index < -0.39 is 5.97 Å². The van der Waals surface area contributed by atoms with Crippen molar-refractivity contribution in [1.29, 1.82) is 0 Å². The van der Waals surface area contributed by atoms with Gasteiger partial charge in [-0.15, -0.1) is 19.3 Å². The zero-order valence-corrected chi connectivity index (χ0v) is 62.1. The Balaban J connectivity index is -0.000000316. The first-order valence-corrected chi connectivity index (χ1v) is 31.4. The van der Waals surface area contributed by atoms with Crippen LogP contribution in [0, 0.1) is 70.0 Å². The van der Waals surface area contributed by atoms with Crippen LogP contribution in [0.4, 0.5) is 8.78 Å². The molecule has 18 heteroatoms. The van der Waals surface area contributed by atoms with E-state index in [1.807, 2.05) is 153 Å². The molecule has 524 valence electrons. The van der Waals surface area contributed by atoms with Gasteiger partial charge < -0.3 is 40.1 Å². The summed E-state index contributed by atoms with van der Waals surface area (Å²) >= 11 is 0. The molecule has 3 N–H and O–H groups in total. The maximum Gasteiger partial charge on any atom is 0.384 e. The van der Waals surface area contributed by atoms with Crippen molar-refractivity contribution in [2.45, 2.75) is 234 Å². The van der Waals surface area contributed by atoms with Crippen LogP contribution in [-0.4, -0.2) is 139 Å². The number of ketones is 1. The van der Waals surface area contributed by atoms with Gasteiger partial charge in [-0.25, -0.2) is 18.4 Å². The molecule has 1 fully saturated rings. The number of nitrogens with one attached hydrogen (secondary N) is 3. The van der Waals surface area contributed by atoms with Gasteiger partial charge in [0.15, 0.2) is 0 Å². The SMILES string of the molecule is C#CC(=O)C(C)(C)C.C#CC(=O)NC(C)(C)C.C#CC(=O)OCC(C)(C)C.C=CC(=O)N1CCC(C(C)(C)C)C1.C=CC(=O)OCC(C)(C)C.CC(C)(C)NC(=O)C1=C(F)CCC1.CC(C)(C)NC(=O)C1=C(F)CCCC1.CN(C)C/C=C/C(=O)N(C)CC(C)(C)C. The lowest BCUT2D eigenvalue weighted by Gasteiger charge is -2.26. The number of hydrogen-bond acceptors (Lipinski definition) is 11. The lowest BCUT2D eigenvalue weighted by Crippen LogP contribution is -2.41. The van der Waals surface area contributed by atoms with E-state index in [9.17, 15) is 47.1 Å². The molecule has 1 aliphatic heterocycles. The molecule has 5 amide bonds. The van der Waals surface area contributed by atoms with Crippen molar-refractivity contribution in [2.75, 3.05) is 60.5 Å². The molecule has 1 unspecified atom stereocenters. The fourth-order valence-corrected chi connectivity index (χ4v) is 7.22. The number of esters is 2. The Bertz CT molecular complexity index is 2590. The zero-order valence-electron chi connectivity index (χ0n) is 62.1. The monoisotopic (exact) mass is 1290 g/mol. The number of hydrogen-bond donors (Lipinski definition) is 3. The van der Waals surface area contributed by atoms with Gasteiger partial charge in [0, 0.05) is 84.5 Å². The second-order valence-corrected chi connectivity index (χ2v) is 31.7. The van der Waals surface area contributed by atoms with Crippen molar-refractivity contribution in [2.24, 2.45) is 33.0 Å². The smallest absolute Gasteiger partial charge is 0.384 e. The molecule has 3 rings (SSSR count). The molecular formula is C74H124F2N6O10. The second kappa shape index (κ2) is 43.9. The van der Waals surface area contributed by atoms with Gasteiger partial charge in [0.25, 0.3) is 5.91 Å². The molecule has 0 aromatic carbocycles. The first-order valence-electron chi connectivity index (χ1n) is 31.4. The third kappa shape index (κ3) is 57.1. The van der Waals surface area contributed by atoms with Gasteiger partial charge in [0.2, 0.25) is 29.4 Å². The van der Waals surface area contributed by atoms with Gasteiger partial charge in [0.1, 0.15) is 11.7 Å². The Labute approximate surface area is 557 Å². The number of amides is 5. The summed E-state index contributed by atoms with van der Waals surface area (Å²) < 4.78 is 35.8. The maximum atomic E-state index is 13.3. The summed E-state index contributed by atoms with van der Waals surface area (Å²) in [7, 11) is 5.80. The Morgan fingerprint density at radius 2 is 1.01 bits per heavy atom. The largest absolute Gasteiger partial charge is 0.462 e. The standard InChI is InChI=1S/C12H24N2O.C11H18FNO.C11H19NO.C10H16FNO.C8H14O2.C8H12O2.C7H11NO.C7H10O/c1-12(2,3)10-14(6)11(15)8-7-9-13(4)5;1-11(2,3)13-10(14)8-6-4-5-7-9(8)12;1-5-10(13)12-7-6-9(8-12)11(2,3)4;1-10(2,3)12-9(13)7-5-4-6-8(7)11;2*1-5-7(9)10-6-8(2,3)4;1-5-6(9)8-7(2,3)4;1-5-6(8)7(2,3)4/h7-8H,9-10H2,1-6H3;4-7H2,1-3H3,(H,13,14);5,9H,1,6-8H2,2-4H3;4-6H2,1-3H3,(H,12,13);5H,1,6H2,2-4H3;1H,6H2,2-4H3;1H,2-4H3,(H,8,9);1H,2-4H3/b8-7+;;;;;;;. The summed E-state index contributed by atoms with van der Waals surface area (Å²) in [5.74, 6) is 4.31. The molecule has 0 spiro atoms. The van der Waals surface area contributed by atoms with E-state index in [-0.39, 0.29) is 91.2 Å². The van der Waals surface area contributed by atoms with Crippen molar-refractivity contribution in [3.05, 3.63) is 60.3 Å². The molecule has 16 nitrogen and oxygen atoms in total. The number of carbonyl (C=O) groups is 8. The topological polar surface area (TPSA) is 201 Å². The van der Waals surface area contributed by atoms with E-state index in [1.165, 1.54) is 12.2 Å². The van der Waals surface area contributed by atoms with Crippen LogP contribution in [0.5, 0.6) is 0 Å². The van der Waals surface area contributed by atoms with Crippen LogP contribution < -0.4 is 16.0 Å². The molecule has 3 aliphatic rings. The fourth-order valence-electron chi connectivity index (χ4n) is 7.22. The molecule has 2 aliphatic carbocycles. The van der Waals surface area contributed by atoms with Gasteiger partial charge >= 0.3 is 11.9 Å². The highest BCUT2D eigenvalue weighted by molar-refractivity contribution is 5.98. The molecule has 1 heterocycles. The van der Waals surface area contributed by atoms with Crippen LogP contribution in [0.3, 0.4) is 0 Å². The van der Waals surface area contributed by atoms with Gasteiger partial charge in [-0.05, 0) is 173 Å². The van der Waals surface area contributed by atoms with E-state index >= 15 is 0 Å². The van der Waals surface area contributed by atoms with Crippen molar-refractivity contribution in [1.82, 2.24) is 30.7 Å². The van der Waals surface area contributed by atoms with Gasteiger partial charge in [-0.2, -0.15) is 0 Å². The van der Waals surface area contributed by atoms with Crippen molar-refractivity contribution in [3.8, 4) is 37.0 Å². The summed E-state index contributed by atoms with van der Waals surface area (Å²) in [4.78, 5) is 93.7. The average Bonchev–Trinajstić information content (AvgIpc) is 1.66. The van der Waals surface area contributed by atoms with Crippen LogP contribution >= 0.6 is 0 Å². The number of carbonyl (C=O) groups excluding carboxylic acids is 8. The highest BCUT2D eigenvalue weighted by Gasteiger charge is 2.33. The number of Topliss-reactive ketones (excluding diaryl/α,β-unsaturated/α-hetero) is 1. The molecule has 0 bridgehead atoms. The highest BCUT2D eigenvalue weighted by atomic mass is 19.1. The van der Waals surface area contributed by atoms with E-state index in [0.717, 1.165) is 51.9 Å². The van der Waals surface area contributed by atoms with Crippen LogP contribution in [0.1, 0.15) is 218 Å². The normalized spacial score (nSPS) is 14.8. The lowest BCUT2D eigenvalue weighted by atomic mass is 9.80. The van der Waals surface area contributed by atoms with E-state index in [1.54, 1.807) is 31.7 Å². The Hall–Kier alpha value is -6.84. The predicted molar refractivity (Wildman–Crippen MR) is 373 cm³/mol. The van der Waals surface area contributed by atoms with Crippen molar-refractivity contribution < 1.29 is 56.6 Å². The van der Waals surface area contributed by atoms with E-state index in [0.29, 0.717) is 61.4 Å². The number of allylic oxidation sites excluding steroid dienone is 2. The first kappa shape index (κ1) is 93.9. The molecular weight excluding hydrogens is 1170 g/mol. The number of nitrogens with zero attached hydrogens (tertiary/aromatic N) is 3. The predicted octanol–water partition coefficient (Wildman–Crippen LogP) is 13.4. The summed E-state index contributed by atoms with van der Waals surface area (Å²) in [5, 5.41) is 8.13. The summed E-state index contributed by atoms with van der Waals surface area (Å²) in [6, 6.07) is 0. The number of rotatable bonds is 10.